The third-order valence-electron chi connectivity index (χ3n) is 6.45. The SMILES string of the molecule is NC1(Cn2c(O)c(C(Cc3ccc(Cl)cc3C(F)(F)F)=c3ccc4c(c3)C=NN=4)sc2=O)CCC1. The quantitative estimate of drug-likeness (QED) is 0.538. The van der Waals surface area contributed by atoms with E-state index in [0.29, 0.717) is 21.7 Å². The Hall–Kier alpha value is -2.95. The summed E-state index contributed by atoms with van der Waals surface area (Å²) in [5.74, 6) is -0.298. The van der Waals surface area contributed by atoms with Gasteiger partial charge in [-0.05, 0) is 59.9 Å². The molecule has 6 nitrogen and oxygen atoms in total. The first-order chi connectivity index (χ1) is 16.5. The molecular formula is C24H20ClF3N4O2S. The lowest BCUT2D eigenvalue weighted by atomic mass is 9.78. The third-order valence-corrected chi connectivity index (χ3v) is 7.71. The monoisotopic (exact) mass is 520 g/mol. The van der Waals surface area contributed by atoms with Crippen LogP contribution in [0.5, 0.6) is 5.88 Å². The summed E-state index contributed by atoms with van der Waals surface area (Å²) in [5, 5.41) is 20.1. The number of aromatic nitrogens is 1. The first-order valence-corrected chi connectivity index (χ1v) is 12.1. The fraction of sp³-hybridized carbons (Fsp3) is 0.292. The number of aromatic hydroxyl groups is 1. The van der Waals surface area contributed by atoms with Crippen molar-refractivity contribution in [1.29, 1.82) is 0 Å². The molecule has 2 aliphatic rings. The smallest absolute Gasteiger partial charge is 0.416 e. The van der Waals surface area contributed by atoms with Gasteiger partial charge in [-0.1, -0.05) is 35.1 Å². The molecule has 1 aromatic heterocycles. The molecule has 1 aliphatic heterocycles. The number of nitrogens with two attached hydrogens (primary N) is 1. The van der Waals surface area contributed by atoms with Crippen molar-refractivity contribution < 1.29 is 18.3 Å². The van der Waals surface area contributed by atoms with Crippen molar-refractivity contribution in [2.45, 2.75) is 43.9 Å². The van der Waals surface area contributed by atoms with E-state index in [2.05, 4.69) is 10.2 Å². The van der Waals surface area contributed by atoms with Crippen molar-refractivity contribution in [1.82, 2.24) is 4.57 Å². The molecule has 1 fully saturated rings. The van der Waals surface area contributed by atoms with E-state index in [-0.39, 0.29) is 34.3 Å². The summed E-state index contributed by atoms with van der Waals surface area (Å²) in [6.07, 6.45) is -0.879. The van der Waals surface area contributed by atoms with Gasteiger partial charge < -0.3 is 10.8 Å². The molecule has 0 unspecified atom stereocenters. The van der Waals surface area contributed by atoms with Crippen molar-refractivity contribution in [3.8, 4) is 5.88 Å². The molecule has 2 heterocycles. The molecule has 11 heteroatoms. The average molecular weight is 521 g/mol. The maximum absolute atomic E-state index is 13.8. The zero-order valence-electron chi connectivity index (χ0n) is 18.3. The molecule has 1 aliphatic carbocycles. The van der Waals surface area contributed by atoms with Crippen LogP contribution in [-0.2, 0) is 19.1 Å². The Bertz CT molecular complexity index is 1540. The molecule has 0 spiro atoms. The molecule has 3 aromatic rings. The second kappa shape index (κ2) is 8.61. The molecule has 35 heavy (non-hydrogen) atoms. The molecule has 0 radical (unpaired) electrons. The van der Waals surface area contributed by atoms with E-state index in [4.69, 9.17) is 17.3 Å². The van der Waals surface area contributed by atoms with Crippen LogP contribution in [0.15, 0.2) is 51.4 Å². The van der Waals surface area contributed by atoms with E-state index in [0.717, 1.165) is 36.7 Å². The first kappa shape index (κ1) is 23.8. The average Bonchev–Trinajstić information content (AvgIpc) is 3.36. The molecule has 0 atom stereocenters. The predicted octanol–water partition coefficient (Wildman–Crippen LogP) is 3.58. The number of hydrogen-bond acceptors (Lipinski definition) is 6. The number of alkyl halides is 3. The van der Waals surface area contributed by atoms with Gasteiger partial charge in [0, 0.05) is 29.1 Å². The maximum Gasteiger partial charge on any atom is 0.416 e. The highest BCUT2D eigenvalue weighted by molar-refractivity contribution is 7.10. The standard InChI is InChI=1S/C24H20ClF3N4O2S/c25-16-4-2-14(18(10-16)24(26,27)28)9-17(13-3-5-19-15(8-13)11-30-31-19)20-21(33)32(22(34)35-20)12-23(29)6-1-7-23/h2-5,8,10-11,33H,1,6-7,9,12,29H2. The maximum atomic E-state index is 13.8. The van der Waals surface area contributed by atoms with Gasteiger partial charge in [0.2, 0.25) is 5.88 Å². The zero-order chi connectivity index (χ0) is 25.0. The van der Waals surface area contributed by atoms with Crippen LogP contribution in [0.25, 0.3) is 5.57 Å². The van der Waals surface area contributed by atoms with E-state index >= 15 is 0 Å². The molecule has 0 saturated heterocycles. The van der Waals surface area contributed by atoms with Gasteiger partial charge in [0.25, 0.3) is 0 Å². The number of hydrogen-bond donors (Lipinski definition) is 2. The van der Waals surface area contributed by atoms with Gasteiger partial charge >= 0.3 is 11.0 Å². The summed E-state index contributed by atoms with van der Waals surface area (Å²) in [6.45, 7) is 0.145. The van der Waals surface area contributed by atoms with Gasteiger partial charge in [-0.15, -0.1) is 0 Å². The van der Waals surface area contributed by atoms with Crippen LogP contribution < -0.4 is 21.2 Å². The molecule has 5 rings (SSSR count). The Morgan fingerprint density at radius 1 is 1.23 bits per heavy atom. The molecule has 182 valence electrons. The fourth-order valence-corrected chi connectivity index (χ4v) is 5.52. The number of fused-ring (bicyclic) bond motifs is 1. The lowest BCUT2D eigenvalue weighted by molar-refractivity contribution is -0.138. The minimum atomic E-state index is -4.63. The van der Waals surface area contributed by atoms with Crippen molar-refractivity contribution in [3.63, 3.8) is 0 Å². The van der Waals surface area contributed by atoms with Gasteiger partial charge in [-0.25, -0.2) is 0 Å². The van der Waals surface area contributed by atoms with Gasteiger partial charge in [-0.3, -0.25) is 9.36 Å². The van der Waals surface area contributed by atoms with E-state index in [1.165, 1.54) is 16.7 Å². The number of nitrogens with zero attached hydrogens (tertiary/aromatic N) is 3. The topological polar surface area (TPSA) is 93.0 Å². The summed E-state index contributed by atoms with van der Waals surface area (Å²) in [4.78, 5) is 12.6. The fourth-order valence-electron chi connectivity index (χ4n) is 4.40. The molecular weight excluding hydrogens is 501 g/mol. The number of benzene rings is 2. The second-order valence-electron chi connectivity index (χ2n) is 8.90. The molecule has 2 aromatic carbocycles. The largest absolute Gasteiger partial charge is 0.493 e. The van der Waals surface area contributed by atoms with Crippen molar-refractivity contribution in [2.24, 2.45) is 15.9 Å². The number of halogens is 4. The van der Waals surface area contributed by atoms with E-state index in [1.54, 1.807) is 24.4 Å². The Labute approximate surface area is 206 Å². The molecule has 0 amide bonds. The lowest BCUT2D eigenvalue weighted by Crippen LogP contribution is -2.51. The normalized spacial score (nSPS) is 17.1. The van der Waals surface area contributed by atoms with Crippen LogP contribution >= 0.6 is 22.9 Å². The second-order valence-corrected chi connectivity index (χ2v) is 10.3. The minimum Gasteiger partial charge on any atom is -0.493 e. The predicted molar refractivity (Wildman–Crippen MR) is 128 cm³/mol. The van der Waals surface area contributed by atoms with Crippen LogP contribution in [0, 0.1) is 0 Å². The molecule has 0 bridgehead atoms. The number of thiazole rings is 1. The van der Waals surface area contributed by atoms with Gasteiger partial charge in [-0.2, -0.15) is 23.4 Å². The summed E-state index contributed by atoms with van der Waals surface area (Å²) in [5.41, 5.74) is 5.88. The van der Waals surface area contributed by atoms with E-state index < -0.39 is 22.2 Å². The van der Waals surface area contributed by atoms with Crippen LogP contribution in [0.1, 0.15) is 40.8 Å². The van der Waals surface area contributed by atoms with Crippen molar-refractivity contribution >= 4 is 34.7 Å². The Balaban J connectivity index is 1.70. The minimum absolute atomic E-state index is 0.0307. The third kappa shape index (κ3) is 4.53. The summed E-state index contributed by atoms with van der Waals surface area (Å²) >= 11 is 6.65. The van der Waals surface area contributed by atoms with Gasteiger partial charge in [0.05, 0.1) is 22.0 Å². The van der Waals surface area contributed by atoms with Crippen LogP contribution in [-0.4, -0.2) is 21.4 Å². The van der Waals surface area contributed by atoms with Crippen LogP contribution in [0.4, 0.5) is 13.2 Å². The summed E-state index contributed by atoms with van der Waals surface area (Å²) in [7, 11) is 0. The van der Waals surface area contributed by atoms with E-state index in [9.17, 15) is 23.1 Å². The highest BCUT2D eigenvalue weighted by atomic mass is 35.5. The van der Waals surface area contributed by atoms with Crippen molar-refractivity contribution in [3.05, 3.63) is 83.2 Å². The van der Waals surface area contributed by atoms with Crippen LogP contribution in [0.3, 0.4) is 0 Å². The summed E-state index contributed by atoms with van der Waals surface area (Å²) in [6, 6.07) is 8.71. The highest BCUT2D eigenvalue weighted by Gasteiger charge is 2.36. The highest BCUT2D eigenvalue weighted by Crippen LogP contribution is 2.38. The Morgan fingerprint density at radius 2 is 2.00 bits per heavy atom. The lowest BCUT2D eigenvalue weighted by Gasteiger charge is -2.38. The van der Waals surface area contributed by atoms with Crippen LogP contribution in [0.2, 0.25) is 5.02 Å². The molecule has 1 saturated carbocycles. The summed E-state index contributed by atoms with van der Waals surface area (Å²) < 4.78 is 42.7. The van der Waals surface area contributed by atoms with Crippen molar-refractivity contribution in [2.75, 3.05) is 0 Å². The van der Waals surface area contributed by atoms with Gasteiger partial charge in [0.1, 0.15) is 0 Å². The van der Waals surface area contributed by atoms with E-state index in [1.807, 2.05) is 0 Å². The Morgan fingerprint density at radius 3 is 2.69 bits per heavy atom. The zero-order valence-corrected chi connectivity index (χ0v) is 19.8. The molecule has 3 N–H and O–H groups in total. The first-order valence-electron chi connectivity index (χ1n) is 10.9. The number of rotatable bonds is 5. The Kier molecular flexibility index (Phi) is 5.85. The van der Waals surface area contributed by atoms with Gasteiger partial charge in [0.15, 0.2) is 0 Å².